The lowest BCUT2D eigenvalue weighted by molar-refractivity contribution is 0.0696. The van der Waals surface area contributed by atoms with Crippen LogP contribution < -0.4 is 0 Å². The number of aryl methyl sites for hydroxylation is 1. The maximum absolute atomic E-state index is 10.4. The van der Waals surface area contributed by atoms with Gasteiger partial charge in [-0.3, -0.25) is 0 Å². The van der Waals surface area contributed by atoms with Gasteiger partial charge in [0.25, 0.3) is 0 Å². The smallest absolute Gasteiger partial charge is 0.335 e. The maximum Gasteiger partial charge on any atom is 0.335 e. The molecule has 0 aliphatic rings. The van der Waals surface area contributed by atoms with Crippen molar-refractivity contribution < 1.29 is 9.90 Å². The molecule has 1 rings (SSSR count). The summed E-state index contributed by atoms with van der Waals surface area (Å²) < 4.78 is 0. The van der Waals surface area contributed by atoms with Crippen molar-refractivity contribution in [3.05, 3.63) is 35.4 Å². The lowest BCUT2D eigenvalue weighted by atomic mass is 10.1. The minimum Gasteiger partial charge on any atom is -0.478 e. The van der Waals surface area contributed by atoms with Gasteiger partial charge in [0.15, 0.2) is 0 Å². The molecule has 0 saturated heterocycles. The molecule has 0 spiro atoms. The molecule has 0 atom stereocenters. The van der Waals surface area contributed by atoms with E-state index >= 15 is 0 Å². The standard InChI is InChI=1S/C8H8O2.4ClH/c1-6-4-2-3-5-7(6)8(9)10;;;;/h2-5H,1H3,(H,9,10);4*1H. The first-order chi connectivity index (χ1) is 4.72. The topological polar surface area (TPSA) is 37.3 Å². The number of hydrogen-bond donors (Lipinski definition) is 1. The first-order valence-electron chi connectivity index (χ1n) is 3.01. The molecule has 0 aliphatic carbocycles. The number of benzene rings is 1. The monoisotopic (exact) mass is 280 g/mol. The lowest BCUT2D eigenvalue weighted by Crippen LogP contribution is -1.97. The Morgan fingerprint density at radius 2 is 1.50 bits per heavy atom. The molecule has 0 radical (unpaired) electrons. The van der Waals surface area contributed by atoms with Crippen molar-refractivity contribution in [1.29, 1.82) is 0 Å². The highest BCUT2D eigenvalue weighted by Gasteiger charge is 2.02. The van der Waals surface area contributed by atoms with Gasteiger partial charge in [-0.2, -0.15) is 0 Å². The van der Waals surface area contributed by atoms with Crippen molar-refractivity contribution in [3.63, 3.8) is 0 Å². The van der Waals surface area contributed by atoms with Crippen LogP contribution >= 0.6 is 49.6 Å². The van der Waals surface area contributed by atoms with E-state index in [0.29, 0.717) is 5.56 Å². The zero-order chi connectivity index (χ0) is 7.56. The summed E-state index contributed by atoms with van der Waals surface area (Å²) in [7, 11) is 0. The summed E-state index contributed by atoms with van der Waals surface area (Å²) in [5.74, 6) is -0.863. The number of carbonyl (C=O) groups is 1. The zero-order valence-corrected chi connectivity index (χ0v) is 10.6. The largest absolute Gasteiger partial charge is 0.478 e. The van der Waals surface area contributed by atoms with Gasteiger partial charge < -0.3 is 5.11 Å². The molecule has 0 fully saturated rings. The Morgan fingerprint density at radius 1 is 1.07 bits per heavy atom. The van der Waals surface area contributed by atoms with Gasteiger partial charge in [-0.15, -0.1) is 49.6 Å². The van der Waals surface area contributed by atoms with E-state index in [9.17, 15) is 4.79 Å². The van der Waals surface area contributed by atoms with Gasteiger partial charge in [-0.1, -0.05) is 18.2 Å². The number of halogens is 4. The van der Waals surface area contributed by atoms with Crippen LogP contribution in [0.25, 0.3) is 0 Å². The maximum atomic E-state index is 10.4. The van der Waals surface area contributed by atoms with E-state index < -0.39 is 5.97 Å². The van der Waals surface area contributed by atoms with E-state index in [1.54, 1.807) is 25.1 Å². The minimum atomic E-state index is -0.863. The van der Waals surface area contributed by atoms with Crippen molar-refractivity contribution in [3.8, 4) is 0 Å². The van der Waals surface area contributed by atoms with Crippen molar-refractivity contribution in [2.75, 3.05) is 0 Å². The summed E-state index contributed by atoms with van der Waals surface area (Å²) >= 11 is 0. The summed E-state index contributed by atoms with van der Waals surface area (Å²) in [6.07, 6.45) is 0. The SMILES string of the molecule is Cc1ccccc1C(=O)O.Cl.Cl.Cl.Cl. The van der Waals surface area contributed by atoms with Crippen LogP contribution in [0.4, 0.5) is 0 Å². The van der Waals surface area contributed by atoms with E-state index in [4.69, 9.17) is 5.11 Å². The third kappa shape index (κ3) is 6.33. The number of rotatable bonds is 1. The molecular formula is C8H12Cl4O2. The number of hydrogen-bond acceptors (Lipinski definition) is 1. The molecule has 1 aromatic carbocycles. The number of carboxylic acids is 1. The molecule has 0 aromatic heterocycles. The summed E-state index contributed by atoms with van der Waals surface area (Å²) in [6, 6.07) is 6.92. The molecule has 14 heavy (non-hydrogen) atoms. The Labute approximate surface area is 108 Å². The van der Waals surface area contributed by atoms with E-state index in [0.717, 1.165) is 5.56 Å². The van der Waals surface area contributed by atoms with Gasteiger partial charge in [0.1, 0.15) is 0 Å². The molecule has 0 amide bonds. The average molecular weight is 282 g/mol. The fraction of sp³-hybridized carbons (Fsp3) is 0.125. The summed E-state index contributed by atoms with van der Waals surface area (Å²) in [4.78, 5) is 10.4. The fourth-order valence-corrected chi connectivity index (χ4v) is 0.813. The second kappa shape index (κ2) is 10.9. The van der Waals surface area contributed by atoms with Gasteiger partial charge in [-0.05, 0) is 18.6 Å². The van der Waals surface area contributed by atoms with E-state index in [1.807, 2.05) is 6.07 Å². The predicted octanol–water partition coefficient (Wildman–Crippen LogP) is 3.38. The third-order valence-electron chi connectivity index (χ3n) is 1.38. The van der Waals surface area contributed by atoms with Crippen LogP contribution in [0.2, 0.25) is 0 Å². The highest BCUT2D eigenvalue weighted by molar-refractivity contribution is 5.89. The van der Waals surface area contributed by atoms with Gasteiger partial charge in [0.05, 0.1) is 5.56 Å². The van der Waals surface area contributed by atoms with Crippen LogP contribution in [-0.4, -0.2) is 11.1 Å². The first-order valence-corrected chi connectivity index (χ1v) is 3.01. The number of aromatic carboxylic acids is 1. The summed E-state index contributed by atoms with van der Waals surface area (Å²) in [6.45, 7) is 1.78. The molecule has 84 valence electrons. The second-order valence-electron chi connectivity index (χ2n) is 2.12. The first kappa shape index (κ1) is 23.6. The van der Waals surface area contributed by atoms with Crippen LogP contribution in [0.1, 0.15) is 15.9 Å². The second-order valence-corrected chi connectivity index (χ2v) is 2.12. The number of carboxylic acid groups (broad SMARTS) is 1. The zero-order valence-electron chi connectivity index (χ0n) is 7.30. The van der Waals surface area contributed by atoms with Gasteiger partial charge in [0.2, 0.25) is 0 Å². The highest BCUT2D eigenvalue weighted by Crippen LogP contribution is 2.05. The molecule has 6 heteroatoms. The molecule has 0 unspecified atom stereocenters. The molecule has 2 nitrogen and oxygen atoms in total. The fourth-order valence-electron chi connectivity index (χ4n) is 0.813. The van der Waals surface area contributed by atoms with Gasteiger partial charge >= 0.3 is 5.97 Å². The molecule has 0 saturated carbocycles. The lowest BCUT2D eigenvalue weighted by Gasteiger charge is -1.96. The van der Waals surface area contributed by atoms with E-state index in [1.165, 1.54) is 0 Å². The summed E-state index contributed by atoms with van der Waals surface area (Å²) in [5, 5.41) is 8.57. The normalized spacial score (nSPS) is 6.64. The van der Waals surface area contributed by atoms with Crippen molar-refractivity contribution in [2.24, 2.45) is 0 Å². The Hall–Kier alpha value is -0.150. The molecule has 0 heterocycles. The Morgan fingerprint density at radius 3 is 1.79 bits per heavy atom. The van der Waals surface area contributed by atoms with E-state index in [2.05, 4.69) is 0 Å². The highest BCUT2D eigenvalue weighted by atomic mass is 35.5. The van der Waals surface area contributed by atoms with Crippen LogP contribution in [0, 0.1) is 6.92 Å². The third-order valence-corrected chi connectivity index (χ3v) is 1.38. The molecule has 0 bridgehead atoms. The Kier molecular flexibility index (Phi) is 18.4. The predicted molar refractivity (Wildman–Crippen MR) is 67.1 cm³/mol. The summed E-state index contributed by atoms with van der Waals surface area (Å²) in [5.41, 5.74) is 1.18. The van der Waals surface area contributed by atoms with Crippen molar-refractivity contribution >= 4 is 55.6 Å². The van der Waals surface area contributed by atoms with Gasteiger partial charge in [0, 0.05) is 0 Å². The van der Waals surface area contributed by atoms with Crippen LogP contribution in [0.15, 0.2) is 24.3 Å². The molecule has 1 N–H and O–H groups in total. The van der Waals surface area contributed by atoms with Gasteiger partial charge in [-0.25, -0.2) is 4.79 Å². The quantitative estimate of drug-likeness (QED) is 0.857. The molecule has 0 aliphatic heterocycles. The van der Waals surface area contributed by atoms with Crippen molar-refractivity contribution in [2.45, 2.75) is 6.92 Å². The van der Waals surface area contributed by atoms with E-state index in [-0.39, 0.29) is 49.6 Å². The van der Waals surface area contributed by atoms with Crippen molar-refractivity contribution in [1.82, 2.24) is 0 Å². The minimum absolute atomic E-state index is 0. The van der Waals surface area contributed by atoms with Crippen LogP contribution in [0.3, 0.4) is 0 Å². The Balaban J connectivity index is -0.000000125. The average Bonchev–Trinajstić information content (AvgIpc) is 1.88. The van der Waals surface area contributed by atoms with Crippen LogP contribution in [-0.2, 0) is 0 Å². The Bertz CT molecular complexity index is 265. The molecule has 1 aromatic rings. The van der Waals surface area contributed by atoms with Crippen LogP contribution in [0.5, 0.6) is 0 Å². The molecular weight excluding hydrogens is 270 g/mol.